The molecule has 0 aliphatic carbocycles. The van der Waals surface area contributed by atoms with Crippen molar-refractivity contribution in [1.29, 1.82) is 0 Å². The second kappa shape index (κ2) is 8.37. The molecule has 0 aliphatic heterocycles. The van der Waals surface area contributed by atoms with Crippen molar-refractivity contribution in [1.82, 2.24) is 5.32 Å². The highest BCUT2D eigenvalue weighted by atomic mass is 14.9. The average Bonchev–Trinajstić information content (AvgIpc) is 2.37. The van der Waals surface area contributed by atoms with Gasteiger partial charge >= 0.3 is 0 Å². The molecule has 108 valence electrons. The molecule has 1 aromatic carbocycles. The molecule has 1 aromatic rings. The van der Waals surface area contributed by atoms with E-state index in [1.54, 1.807) is 0 Å². The minimum atomic E-state index is 0.653. The lowest BCUT2D eigenvalue weighted by Crippen LogP contribution is -2.27. The summed E-state index contributed by atoms with van der Waals surface area (Å²) in [7, 11) is 0. The van der Waals surface area contributed by atoms with Crippen molar-refractivity contribution >= 4 is 0 Å². The number of hydrogen-bond donors (Lipinski definition) is 1. The number of hydrogen-bond acceptors (Lipinski definition) is 1. The summed E-state index contributed by atoms with van der Waals surface area (Å²) < 4.78 is 0. The van der Waals surface area contributed by atoms with Crippen LogP contribution < -0.4 is 5.32 Å². The van der Waals surface area contributed by atoms with E-state index in [4.69, 9.17) is 0 Å². The Morgan fingerprint density at radius 3 is 2.00 bits per heavy atom. The predicted octanol–water partition coefficient (Wildman–Crippen LogP) is 4.82. The number of aryl methyl sites for hydroxylation is 2. The largest absolute Gasteiger partial charge is 0.316 e. The lowest BCUT2D eigenvalue weighted by Gasteiger charge is -2.27. The first-order valence-electron chi connectivity index (χ1n) is 7.91. The summed E-state index contributed by atoms with van der Waals surface area (Å²) in [6.45, 7) is 13.5. The van der Waals surface area contributed by atoms with Crippen molar-refractivity contribution in [3.05, 3.63) is 34.9 Å². The number of rotatable bonds is 8. The summed E-state index contributed by atoms with van der Waals surface area (Å²) in [6.07, 6.45) is 3.74. The quantitative estimate of drug-likeness (QED) is 0.661. The Labute approximate surface area is 119 Å². The Hall–Kier alpha value is -0.820. The van der Waals surface area contributed by atoms with Crippen molar-refractivity contribution in [2.75, 3.05) is 13.1 Å². The van der Waals surface area contributed by atoms with Crippen molar-refractivity contribution in [3.8, 4) is 0 Å². The molecule has 0 aliphatic rings. The first-order valence-corrected chi connectivity index (χ1v) is 7.91. The van der Waals surface area contributed by atoms with Gasteiger partial charge in [-0.15, -0.1) is 0 Å². The van der Waals surface area contributed by atoms with E-state index in [9.17, 15) is 0 Å². The highest BCUT2D eigenvalue weighted by Gasteiger charge is 2.20. The maximum atomic E-state index is 3.62. The second-order valence-corrected chi connectivity index (χ2v) is 5.81. The van der Waals surface area contributed by atoms with Crippen LogP contribution in [0.15, 0.2) is 18.2 Å². The zero-order valence-corrected chi connectivity index (χ0v) is 13.4. The molecule has 1 N–H and O–H groups in total. The molecule has 0 spiro atoms. The molecule has 0 saturated carbocycles. The van der Waals surface area contributed by atoms with E-state index in [2.05, 4.69) is 58.1 Å². The van der Waals surface area contributed by atoms with E-state index < -0.39 is 0 Å². The molecule has 0 bridgehead atoms. The molecule has 1 rings (SSSR count). The van der Waals surface area contributed by atoms with E-state index in [1.165, 1.54) is 36.0 Å². The van der Waals surface area contributed by atoms with Gasteiger partial charge in [0.05, 0.1) is 0 Å². The molecular formula is C18H31N. The summed E-state index contributed by atoms with van der Waals surface area (Å²) in [5.41, 5.74) is 4.30. The fourth-order valence-electron chi connectivity index (χ4n) is 3.07. The fourth-order valence-corrected chi connectivity index (χ4v) is 3.07. The monoisotopic (exact) mass is 261 g/mol. The Bertz CT molecular complexity index is 346. The van der Waals surface area contributed by atoms with Crippen LogP contribution in [0, 0.1) is 19.8 Å². The van der Waals surface area contributed by atoms with Crippen LogP contribution in [0.1, 0.15) is 62.6 Å². The predicted molar refractivity (Wildman–Crippen MR) is 85.9 cm³/mol. The Balaban J connectivity index is 2.93. The third-order valence-electron chi connectivity index (χ3n) is 4.08. The third-order valence-corrected chi connectivity index (χ3v) is 4.08. The standard InChI is InChI=1S/C18H31N/c1-6-9-19-13-18(16(7-2)8-3)17-11-14(4)10-15(5)12-17/h10-12,16,18-19H,6-9,13H2,1-5H3. The maximum absolute atomic E-state index is 3.62. The maximum Gasteiger partial charge on any atom is 0.00228 e. The molecule has 0 radical (unpaired) electrons. The molecule has 1 unspecified atom stereocenters. The third kappa shape index (κ3) is 4.99. The molecular weight excluding hydrogens is 230 g/mol. The molecule has 1 heteroatoms. The second-order valence-electron chi connectivity index (χ2n) is 5.81. The van der Waals surface area contributed by atoms with E-state index in [0.717, 1.165) is 19.0 Å². The van der Waals surface area contributed by atoms with Gasteiger partial charge in [0.1, 0.15) is 0 Å². The summed E-state index contributed by atoms with van der Waals surface area (Å²) in [5, 5.41) is 3.62. The minimum absolute atomic E-state index is 0.653. The normalized spacial score (nSPS) is 12.9. The van der Waals surface area contributed by atoms with E-state index in [1.807, 2.05) is 0 Å². The Kier molecular flexibility index (Phi) is 7.15. The molecule has 0 saturated heterocycles. The van der Waals surface area contributed by atoms with Crippen molar-refractivity contribution in [2.45, 2.75) is 59.8 Å². The summed E-state index contributed by atoms with van der Waals surface area (Å²) >= 11 is 0. The number of nitrogens with one attached hydrogen (secondary N) is 1. The summed E-state index contributed by atoms with van der Waals surface area (Å²) in [4.78, 5) is 0. The molecule has 0 heterocycles. The van der Waals surface area contributed by atoms with Crippen molar-refractivity contribution in [2.24, 2.45) is 5.92 Å². The zero-order valence-electron chi connectivity index (χ0n) is 13.4. The molecule has 0 aromatic heterocycles. The van der Waals surface area contributed by atoms with Crippen LogP contribution in [0.5, 0.6) is 0 Å². The SMILES string of the molecule is CCCNCC(c1cc(C)cc(C)c1)C(CC)CC. The van der Waals surface area contributed by atoms with Gasteiger partial charge in [-0.05, 0) is 44.2 Å². The van der Waals surface area contributed by atoms with Gasteiger partial charge in [0.15, 0.2) is 0 Å². The highest BCUT2D eigenvalue weighted by Crippen LogP contribution is 2.30. The van der Waals surface area contributed by atoms with Crippen LogP contribution in [0.4, 0.5) is 0 Å². The molecule has 0 amide bonds. The summed E-state index contributed by atoms with van der Waals surface area (Å²) in [5.74, 6) is 1.44. The van der Waals surface area contributed by atoms with Gasteiger partial charge in [0, 0.05) is 6.54 Å². The van der Waals surface area contributed by atoms with Gasteiger partial charge < -0.3 is 5.32 Å². The van der Waals surface area contributed by atoms with Crippen LogP contribution in [-0.2, 0) is 0 Å². The van der Waals surface area contributed by atoms with E-state index in [-0.39, 0.29) is 0 Å². The van der Waals surface area contributed by atoms with Gasteiger partial charge in [0.25, 0.3) is 0 Å². The zero-order chi connectivity index (χ0) is 14.3. The Morgan fingerprint density at radius 2 is 1.53 bits per heavy atom. The first-order chi connectivity index (χ1) is 9.12. The van der Waals surface area contributed by atoms with Gasteiger partial charge in [-0.3, -0.25) is 0 Å². The van der Waals surface area contributed by atoms with Crippen molar-refractivity contribution < 1.29 is 0 Å². The molecule has 0 fully saturated rings. The van der Waals surface area contributed by atoms with Crippen molar-refractivity contribution in [3.63, 3.8) is 0 Å². The average molecular weight is 261 g/mol. The summed E-state index contributed by atoms with van der Waals surface area (Å²) in [6, 6.07) is 7.03. The van der Waals surface area contributed by atoms with Gasteiger partial charge in [0.2, 0.25) is 0 Å². The lowest BCUT2D eigenvalue weighted by atomic mass is 9.81. The van der Waals surface area contributed by atoms with Crippen LogP contribution >= 0.6 is 0 Å². The van der Waals surface area contributed by atoms with Crippen LogP contribution in [0.3, 0.4) is 0 Å². The Morgan fingerprint density at radius 1 is 0.947 bits per heavy atom. The van der Waals surface area contributed by atoms with Gasteiger partial charge in [-0.25, -0.2) is 0 Å². The van der Waals surface area contributed by atoms with E-state index in [0.29, 0.717) is 5.92 Å². The first kappa shape index (κ1) is 16.2. The molecule has 19 heavy (non-hydrogen) atoms. The van der Waals surface area contributed by atoms with Gasteiger partial charge in [-0.1, -0.05) is 62.9 Å². The van der Waals surface area contributed by atoms with E-state index >= 15 is 0 Å². The van der Waals surface area contributed by atoms with Crippen LogP contribution in [0.25, 0.3) is 0 Å². The van der Waals surface area contributed by atoms with Crippen LogP contribution in [-0.4, -0.2) is 13.1 Å². The molecule has 1 nitrogen and oxygen atoms in total. The molecule has 1 atom stereocenters. The lowest BCUT2D eigenvalue weighted by molar-refractivity contribution is 0.380. The van der Waals surface area contributed by atoms with Crippen LogP contribution in [0.2, 0.25) is 0 Å². The van der Waals surface area contributed by atoms with Gasteiger partial charge in [-0.2, -0.15) is 0 Å². The number of benzene rings is 1. The highest BCUT2D eigenvalue weighted by molar-refractivity contribution is 5.31. The fraction of sp³-hybridized carbons (Fsp3) is 0.667. The topological polar surface area (TPSA) is 12.0 Å². The minimum Gasteiger partial charge on any atom is -0.316 e. The smallest absolute Gasteiger partial charge is 0.00228 e.